The molecule has 31 heavy (non-hydrogen) atoms. The molecular formula is C21H27N5O4S. The second kappa shape index (κ2) is 10.0. The minimum atomic E-state index is 0.377. The van der Waals surface area contributed by atoms with Gasteiger partial charge >= 0.3 is 0 Å². The number of aryl methyl sites for hydroxylation is 1. The van der Waals surface area contributed by atoms with Gasteiger partial charge in [0.25, 0.3) is 0 Å². The third kappa shape index (κ3) is 5.12. The van der Waals surface area contributed by atoms with Crippen LogP contribution in [0.4, 0.5) is 0 Å². The van der Waals surface area contributed by atoms with Crippen LogP contribution in [0.25, 0.3) is 11.5 Å². The van der Waals surface area contributed by atoms with Crippen LogP contribution in [0.3, 0.4) is 0 Å². The summed E-state index contributed by atoms with van der Waals surface area (Å²) in [6, 6.07) is 3.55. The summed E-state index contributed by atoms with van der Waals surface area (Å²) in [6.07, 6.45) is 7.56. The summed E-state index contributed by atoms with van der Waals surface area (Å²) in [4.78, 5) is 4.58. The van der Waals surface area contributed by atoms with Crippen molar-refractivity contribution < 1.29 is 18.6 Å². The lowest BCUT2D eigenvalue weighted by Crippen LogP contribution is -1.97. The SMILES string of the molecule is COc1cc(-c2nnc(CSc3n[nH]c(CCC4CCCC4)n3)o2)cc(OC)c1OC. The van der Waals surface area contributed by atoms with Crippen LogP contribution in [0.15, 0.2) is 21.7 Å². The van der Waals surface area contributed by atoms with E-state index in [9.17, 15) is 0 Å². The zero-order valence-corrected chi connectivity index (χ0v) is 18.8. The largest absolute Gasteiger partial charge is 0.493 e. The average Bonchev–Trinajstić information content (AvgIpc) is 3.57. The molecule has 1 aliphatic rings. The first-order chi connectivity index (χ1) is 15.2. The van der Waals surface area contributed by atoms with Crippen LogP contribution >= 0.6 is 11.8 Å². The monoisotopic (exact) mass is 445 g/mol. The summed E-state index contributed by atoms with van der Waals surface area (Å²) >= 11 is 1.46. The molecule has 1 N–H and O–H groups in total. The third-order valence-corrected chi connectivity index (χ3v) is 6.31. The van der Waals surface area contributed by atoms with Crippen molar-refractivity contribution in [1.29, 1.82) is 0 Å². The second-order valence-corrected chi connectivity index (χ2v) is 8.40. The van der Waals surface area contributed by atoms with E-state index < -0.39 is 0 Å². The molecule has 1 aliphatic carbocycles. The minimum absolute atomic E-state index is 0.377. The Bertz CT molecular complexity index is 974. The predicted octanol–water partition coefficient (Wildman–Crippen LogP) is 4.30. The Hall–Kier alpha value is -2.75. The van der Waals surface area contributed by atoms with E-state index in [0.29, 0.717) is 45.5 Å². The van der Waals surface area contributed by atoms with Gasteiger partial charge in [0.15, 0.2) is 11.5 Å². The van der Waals surface area contributed by atoms with E-state index in [1.54, 1.807) is 33.5 Å². The van der Waals surface area contributed by atoms with Gasteiger partial charge in [-0.15, -0.1) is 15.3 Å². The fraction of sp³-hybridized carbons (Fsp3) is 0.524. The Labute approximate surface area is 185 Å². The van der Waals surface area contributed by atoms with E-state index in [0.717, 1.165) is 18.2 Å². The number of hydrogen-bond acceptors (Lipinski definition) is 9. The maximum Gasteiger partial charge on any atom is 0.248 e. The van der Waals surface area contributed by atoms with E-state index in [2.05, 4.69) is 25.4 Å². The van der Waals surface area contributed by atoms with Crippen LogP contribution in [-0.4, -0.2) is 46.7 Å². The molecular weight excluding hydrogens is 418 g/mol. The van der Waals surface area contributed by atoms with Gasteiger partial charge in [0.05, 0.1) is 27.1 Å². The Balaban J connectivity index is 1.37. The van der Waals surface area contributed by atoms with Crippen molar-refractivity contribution in [2.24, 2.45) is 5.92 Å². The van der Waals surface area contributed by atoms with Crippen LogP contribution in [0.5, 0.6) is 17.2 Å². The fourth-order valence-corrected chi connectivity index (χ4v) is 4.51. The van der Waals surface area contributed by atoms with Gasteiger partial charge in [0.2, 0.25) is 22.7 Å². The van der Waals surface area contributed by atoms with E-state index >= 15 is 0 Å². The molecule has 0 saturated heterocycles. The smallest absolute Gasteiger partial charge is 0.248 e. The number of nitrogens with zero attached hydrogens (tertiary/aromatic N) is 4. The van der Waals surface area contributed by atoms with E-state index in [1.165, 1.54) is 43.9 Å². The number of aromatic nitrogens is 5. The van der Waals surface area contributed by atoms with Crippen molar-refractivity contribution in [1.82, 2.24) is 25.4 Å². The molecule has 166 valence electrons. The first-order valence-corrected chi connectivity index (χ1v) is 11.4. The number of methoxy groups -OCH3 is 3. The molecule has 9 nitrogen and oxygen atoms in total. The zero-order chi connectivity index (χ0) is 21.6. The highest BCUT2D eigenvalue weighted by atomic mass is 32.2. The fourth-order valence-electron chi connectivity index (χ4n) is 3.85. The number of rotatable bonds is 10. The first kappa shape index (κ1) is 21.5. The first-order valence-electron chi connectivity index (χ1n) is 10.4. The molecule has 0 spiro atoms. The van der Waals surface area contributed by atoms with E-state index in [1.807, 2.05) is 0 Å². The number of ether oxygens (including phenoxy) is 3. The molecule has 10 heteroatoms. The highest BCUT2D eigenvalue weighted by Gasteiger charge is 2.18. The number of benzene rings is 1. The van der Waals surface area contributed by atoms with Crippen molar-refractivity contribution in [2.75, 3.05) is 21.3 Å². The molecule has 3 aromatic rings. The third-order valence-electron chi connectivity index (χ3n) is 5.48. The number of hydrogen-bond donors (Lipinski definition) is 1. The van der Waals surface area contributed by atoms with Gasteiger partial charge in [-0.25, -0.2) is 4.98 Å². The molecule has 2 heterocycles. The van der Waals surface area contributed by atoms with Crippen molar-refractivity contribution >= 4 is 11.8 Å². The molecule has 0 amide bonds. The molecule has 0 bridgehead atoms. The van der Waals surface area contributed by atoms with Crippen molar-refractivity contribution in [2.45, 2.75) is 49.4 Å². The van der Waals surface area contributed by atoms with Crippen molar-refractivity contribution in [3.8, 4) is 28.7 Å². The molecule has 1 aromatic carbocycles. The Morgan fingerprint density at radius 2 is 1.81 bits per heavy atom. The minimum Gasteiger partial charge on any atom is -0.493 e. The maximum atomic E-state index is 5.83. The van der Waals surface area contributed by atoms with Crippen LogP contribution < -0.4 is 14.2 Å². The summed E-state index contributed by atoms with van der Waals surface area (Å²) in [5, 5.41) is 16.3. The van der Waals surface area contributed by atoms with E-state index in [-0.39, 0.29) is 0 Å². The molecule has 0 atom stereocenters. The van der Waals surface area contributed by atoms with Gasteiger partial charge in [0, 0.05) is 12.0 Å². The number of thioether (sulfide) groups is 1. The lowest BCUT2D eigenvalue weighted by Gasteiger charge is -2.12. The van der Waals surface area contributed by atoms with Gasteiger partial charge in [-0.05, 0) is 24.5 Å². The van der Waals surface area contributed by atoms with Crippen molar-refractivity contribution in [3.63, 3.8) is 0 Å². The van der Waals surface area contributed by atoms with Gasteiger partial charge < -0.3 is 18.6 Å². The molecule has 1 fully saturated rings. The Morgan fingerprint density at radius 3 is 2.48 bits per heavy atom. The number of aromatic amines is 1. The molecule has 0 radical (unpaired) electrons. The lowest BCUT2D eigenvalue weighted by molar-refractivity contribution is 0.324. The molecule has 4 rings (SSSR count). The summed E-state index contributed by atoms with van der Waals surface area (Å²) in [7, 11) is 4.69. The summed E-state index contributed by atoms with van der Waals surface area (Å²) < 4.78 is 22.0. The van der Waals surface area contributed by atoms with Crippen LogP contribution in [-0.2, 0) is 12.2 Å². The van der Waals surface area contributed by atoms with Gasteiger partial charge in [0.1, 0.15) is 5.82 Å². The van der Waals surface area contributed by atoms with E-state index in [4.69, 9.17) is 18.6 Å². The summed E-state index contributed by atoms with van der Waals surface area (Å²) in [5.41, 5.74) is 0.686. The standard InChI is InChI=1S/C21H27N5O4S/c1-27-15-10-14(11-16(28-2)19(15)29-3)20-25-24-18(30-20)12-31-21-22-17(23-26-21)9-8-13-6-4-5-7-13/h10-11,13H,4-9,12H2,1-3H3,(H,22,23,26). The summed E-state index contributed by atoms with van der Waals surface area (Å²) in [5.74, 6) is 4.70. The second-order valence-electron chi connectivity index (χ2n) is 7.46. The van der Waals surface area contributed by atoms with Crippen molar-refractivity contribution in [3.05, 3.63) is 23.8 Å². The number of H-pyrrole nitrogens is 1. The molecule has 2 aromatic heterocycles. The molecule has 1 saturated carbocycles. The number of nitrogens with one attached hydrogen (secondary N) is 1. The normalized spacial score (nSPS) is 14.2. The predicted molar refractivity (Wildman–Crippen MR) is 116 cm³/mol. The topological polar surface area (TPSA) is 108 Å². The highest BCUT2D eigenvalue weighted by Crippen LogP contribution is 2.41. The van der Waals surface area contributed by atoms with Gasteiger partial charge in [-0.1, -0.05) is 37.4 Å². The van der Waals surface area contributed by atoms with Gasteiger partial charge in [-0.3, -0.25) is 5.10 Å². The average molecular weight is 446 g/mol. The van der Waals surface area contributed by atoms with Crippen LogP contribution in [0.2, 0.25) is 0 Å². The Morgan fingerprint density at radius 1 is 1.06 bits per heavy atom. The lowest BCUT2D eigenvalue weighted by atomic mass is 10.0. The highest BCUT2D eigenvalue weighted by molar-refractivity contribution is 7.98. The molecule has 0 unspecified atom stereocenters. The summed E-state index contributed by atoms with van der Waals surface area (Å²) in [6.45, 7) is 0. The Kier molecular flexibility index (Phi) is 6.96. The van der Waals surface area contributed by atoms with Crippen LogP contribution in [0.1, 0.15) is 43.8 Å². The van der Waals surface area contributed by atoms with Gasteiger partial charge in [-0.2, -0.15) is 0 Å². The molecule has 0 aliphatic heterocycles. The quantitative estimate of drug-likeness (QED) is 0.457. The maximum absolute atomic E-state index is 5.83. The zero-order valence-electron chi connectivity index (χ0n) is 18.0. The van der Waals surface area contributed by atoms with Crippen LogP contribution in [0, 0.1) is 5.92 Å².